The number of aliphatic hydroxyl groups excluding tert-OH is 1. The number of aliphatic hydroxyl groups is 1. The molecule has 0 aromatic heterocycles. The summed E-state index contributed by atoms with van der Waals surface area (Å²) in [7, 11) is -4.67. The van der Waals surface area contributed by atoms with E-state index in [4.69, 9.17) is 36.8 Å². The van der Waals surface area contributed by atoms with Gasteiger partial charge in [-0.3, -0.25) is 9.11 Å². The van der Waals surface area contributed by atoms with Crippen molar-refractivity contribution in [1.82, 2.24) is 0 Å². The molecule has 0 amide bonds. The Bertz CT molecular complexity index is 599. The average molecular weight is 451 g/mol. The van der Waals surface area contributed by atoms with E-state index in [1.54, 1.807) is 0 Å². The Kier molecular flexibility index (Phi) is 18.9. The van der Waals surface area contributed by atoms with Crippen LogP contribution in [0.3, 0.4) is 0 Å². The summed E-state index contributed by atoms with van der Waals surface area (Å²) in [6.45, 7) is 4.82. The Morgan fingerprint density at radius 2 is 1.33 bits per heavy atom. The Morgan fingerprint density at radius 3 is 1.97 bits per heavy atom. The van der Waals surface area contributed by atoms with E-state index < -0.39 is 10.4 Å². The smallest absolute Gasteiger partial charge is 0.394 e. The summed E-state index contributed by atoms with van der Waals surface area (Å²) < 4.78 is 48.0. The Hall–Kier alpha value is -1.23. The molecular weight excluding hydrogens is 412 g/mol. The second-order valence-electron chi connectivity index (χ2n) is 6.72. The van der Waals surface area contributed by atoms with Crippen LogP contribution in [-0.2, 0) is 26.3 Å². The van der Waals surface area contributed by atoms with Crippen molar-refractivity contribution in [1.29, 1.82) is 0 Å². The number of ether oxygens (including phenoxy) is 3. The summed E-state index contributed by atoms with van der Waals surface area (Å²) in [6, 6.07) is 8.31. The van der Waals surface area contributed by atoms with Crippen molar-refractivity contribution in [3.05, 3.63) is 29.8 Å². The van der Waals surface area contributed by atoms with Gasteiger partial charge in [-0.1, -0.05) is 63.6 Å². The lowest BCUT2D eigenvalue weighted by molar-refractivity contribution is 0.0246. The molecule has 0 bridgehead atoms. The van der Waals surface area contributed by atoms with Gasteiger partial charge in [-0.05, 0) is 24.5 Å². The quantitative estimate of drug-likeness (QED) is 0.242. The van der Waals surface area contributed by atoms with Crippen LogP contribution >= 0.6 is 0 Å². The summed E-state index contributed by atoms with van der Waals surface area (Å²) in [4.78, 5) is 0. The average Bonchev–Trinajstić information content (AvgIpc) is 2.69. The zero-order valence-electron chi connectivity index (χ0n) is 18.0. The molecule has 3 N–H and O–H groups in total. The number of benzene rings is 1. The summed E-state index contributed by atoms with van der Waals surface area (Å²) in [5, 5.41) is 8.60. The van der Waals surface area contributed by atoms with Gasteiger partial charge in [-0.15, -0.1) is 0 Å². The maximum atomic E-state index is 8.74. The molecule has 0 fully saturated rings. The lowest BCUT2D eigenvalue weighted by Crippen LogP contribution is -2.12. The highest BCUT2D eigenvalue weighted by molar-refractivity contribution is 7.79. The summed E-state index contributed by atoms with van der Waals surface area (Å²) >= 11 is 0. The fourth-order valence-electron chi connectivity index (χ4n) is 2.72. The van der Waals surface area contributed by atoms with E-state index in [2.05, 4.69) is 19.1 Å². The van der Waals surface area contributed by atoms with E-state index in [0.29, 0.717) is 33.0 Å². The van der Waals surface area contributed by atoms with Crippen molar-refractivity contribution in [3.8, 4) is 5.75 Å². The first-order chi connectivity index (χ1) is 14.4. The third-order valence-electron chi connectivity index (χ3n) is 4.12. The van der Waals surface area contributed by atoms with Crippen LogP contribution in [0.25, 0.3) is 0 Å². The predicted octanol–water partition coefficient (Wildman–Crippen LogP) is 3.73. The largest absolute Gasteiger partial charge is 0.491 e. The molecule has 0 aliphatic heterocycles. The van der Waals surface area contributed by atoms with Gasteiger partial charge in [0.25, 0.3) is 0 Å². The van der Waals surface area contributed by atoms with Gasteiger partial charge in [0.15, 0.2) is 0 Å². The Balaban J connectivity index is 0.00000150. The fourth-order valence-corrected chi connectivity index (χ4v) is 2.72. The van der Waals surface area contributed by atoms with Crippen LogP contribution in [0.1, 0.15) is 57.4 Å². The molecule has 0 saturated carbocycles. The molecule has 0 spiro atoms. The lowest BCUT2D eigenvalue weighted by atomic mass is 10.0. The molecule has 0 saturated heterocycles. The molecule has 1 aromatic carbocycles. The summed E-state index contributed by atoms with van der Waals surface area (Å²) in [5.74, 6) is 0.980. The topological polar surface area (TPSA) is 123 Å². The van der Waals surface area contributed by atoms with Crippen LogP contribution < -0.4 is 4.74 Å². The Labute approximate surface area is 181 Å². The van der Waals surface area contributed by atoms with Gasteiger partial charge < -0.3 is 19.3 Å². The van der Waals surface area contributed by atoms with Crippen LogP contribution in [-0.4, -0.2) is 62.3 Å². The van der Waals surface area contributed by atoms with E-state index in [-0.39, 0.29) is 6.61 Å². The van der Waals surface area contributed by atoms with E-state index in [0.717, 1.165) is 12.2 Å². The van der Waals surface area contributed by atoms with E-state index in [1.165, 1.54) is 50.5 Å². The number of hydrogen-bond acceptors (Lipinski definition) is 6. The van der Waals surface area contributed by atoms with Gasteiger partial charge in [0.1, 0.15) is 12.4 Å². The Morgan fingerprint density at radius 1 is 0.800 bits per heavy atom. The van der Waals surface area contributed by atoms with Gasteiger partial charge >= 0.3 is 10.4 Å². The summed E-state index contributed by atoms with van der Waals surface area (Å²) in [5.41, 5.74) is 1.29. The van der Waals surface area contributed by atoms with Gasteiger partial charge in [-0.2, -0.15) is 8.42 Å². The predicted molar refractivity (Wildman–Crippen MR) is 117 cm³/mol. The third-order valence-corrected chi connectivity index (χ3v) is 4.12. The van der Waals surface area contributed by atoms with E-state index >= 15 is 0 Å². The molecule has 0 aliphatic rings. The minimum atomic E-state index is -4.67. The number of hydrogen-bond donors (Lipinski definition) is 3. The standard InChI is InChI=1S/C21H36O4.H2O4S/c1-2-3-4-5-6-7-8-11-20-12-9-10-13-21(20)25-19-18-24-17-16-23-15-14-22;1-5(2,3)4/h9-10,12-13,22H,2-8,11,14-19H2,1H3;(H2,1,2,3,4). The molecule has 1 rings (SSSR count). The highest BCUT2D eigenvalue weighted by atomic mass is 32.3. The zero-order chi connectivity index (χ0) is 22.5. The highest BCUT2D eigenvalue weighted by Gasteiger charge is 2.03. The molecule has 0 radical (unpaired) electrons. The van der Waals surface area contributed by atoms with Crippen LogP contribution in [0.4, 0.5) is 0 Å². The molecule has 0 atom stereocenters. The maximum Gasteiger partial charge on any atom is 0.394 e. The number of aryl methyl sites for hydroxylation is 1. The van der Waals surface area contributed by atoms with Crippen molar-refractivity contribution in [3.63, 3.8) is 0 Å². The molecule has 9 heteroatoms. The summed E-state index contributed by atoms with van der Waals surface area (Å²) in [6.07, 6.45) is 10.4. The SMILES string of the molecule is CCCCCCCCCc1ccccc1OCCOCCOCCO.O=S(=O)(O)O. The zero-order valence-corrected chi connectivity index (χ0v) is 18.8. The van der Waals surface area contributed by atoms with Crippen molar-refractivity contribution < 1.29 is 36.8 Å². The van der Waals surface area contributed by atoms with E-state index in [9.17, 15) is 0 Å². The molecule has 0 unspecified atom stereocenters. The maximum absolute atomic E-state index is 8.74. The van der Waals surface area contributed by atoms with Crippen LogP contribution in [0.2, 0.25) is 0 Å². The molecule has 1 aromatic rings. The van der Waals surface area contributed by atoms with E-state index in [1.807, 2.05) is 12.1 Å². The second-order valence-corrected chi connectivity index (χ2v) is 7.62. The molecule has 8 nitrogen and oxygen atoms in total. The monoisotopic (exact) mass is 450 g/mol. The van der Waals surface area contributed by atoms with Gasteiger partial charge in [-0.25, -0.2) is 0 Å². The second kappa shape index (κ2) is 19.7. The first-order valence-electron chi connectivity index (χ1n) is 10.6. The van der Waals surface area contributed by atoms with Crippen molar-refractivity contribution >= 4 is 10.4 Å². The number of unbranched alkanes of at least 4 members (excludes halogenated alkanes) is 6. The molecule has 30 heavy (non-hydrogen) atoms. The first-order valence-corrected chi connectivity index (χ1v) is 11.9. The molecule has 0 aliphatic carbocycles. The van der Waals surface area contributed by atoms with Crippen molar-refractivity contribution in [2.24, 2.45) is 0 Å². The lowest BCUT2D eigenvalue weighted by Gasteiger charge is -2.12. The first kappa shape index (κ1) is 28.8. The number of rotatable bonds is 17. The minimum Gasteiger partial charge on any atom is -0.491 e. The minimum absolute atomic E-state index is 0.0542. The normalized spacial score (nSPS) is 11.1. The van der Waals surface area contributed by atoms with Crippen LogP contribution in [0, 0.1) is 0 Å². The molecule has 0 heterocycles. The van der Waals surface area contributed by atoms with Crippen LogP contribution in [0.15, 0.2) is 24.3 Å². The van der Waals surface area contributed by atoms with Gasteiger partial charge in [0.2, 0.25) is 0 Å². The molecular formula is C21H38O8S. The van der Waals surface area contributed by atoms with Crippen molar-refractivity contribution in [2.75, 3.05) is 39.6 Å². The molecule has 176 valence electrons. The fraction of sp³-hybridized carbons (Fsp3) is 0.714. The highest BCUT2D eigenvalue weighted by Crippen LogP contribution is 2.20. The van der Waals surface area contributed by atoms with Crippen LogP contribution in [0.5, 0.6) is 5.75 Å². The third kappa shape index (κ3) is 21.5. The number of para-hydroxylation sites is 1. The van der Waals surface area contributed by atoms with Gasteiger partial charge in [0, 0.05) is 0 Å². The van der Waals surface area contributed by atoms with Crippen molar-refractivity contribution in [2.45, 2.75) is 58.3 Å². The van der Waals surface area contributed by atoms with Gasteiger partial charge in [0.05, 0.1) is 33.0 Å².